The van der Waals surface area contributed by atoms with E-state index in [9.17, 15) is 4.79 Å². The Morgan fingerprint density at radius 3 is 2.53 bits per heavy atom. The molecule has 4 nitrogen and oxygen atoms in total. The van der Waals surface area contributed by atoms with E-state index in [1.807, 2.05) is 25.3 Å². The summed E-state index contributed by atoms with van der Waals surface area (Å²) in [5.74, 6) is 0.339. The maximum atomic E-state index is 12.4. The smallest absolute Gasteiger partial charge is 0.300 e. The normalized spacial score (nSPS) is 11.8. The molecule has 0 aliphatic carbocycles. The third-order valence-electron chi connectivity index (χ3n) is 3.26. The van der Waals surface area contributed by atoms with Crippen molar-refractivity contribution >= 4 is 5.65 Å². The Kier molecular flexibility index (Phi) is 3.35. The third kappa shape index (κ3) is 2.35. The van der Waals surface area contributed by atoms with Crippen LogP contribution in [0.25, 0.3) is 5.65 Å². The first-order valence-electron chi connectivity index (χ1n) is 6.48. The summed E-state index contributed by atoms with van der Waals surface area (Å²) < 4.78 is 6.77. The lowest BCUT2D eigenvalue weighted by atomic mass is 9.88. The molecule has 2 aromatic heterocycles. The maximum Gasteiger partial charge on any atom is 0.300 e. The molecule has 0 fully saturated rings. The fraction of sp³-hybridized carbons (Fsp3) is 0.467. The van der Waals surface area contributed by atoms with Gasteiger partial charge in [0.2, 0.25) is 5.75 Å². The van der Waals surface area contributed by atoms with Crippen LogP contribution in [0, 0.1) is 0 Å². The van der Waals surface area contributed by atoms with Crippen molar-refractivity contribution in [2.75, 3.05) is 7.11 Å². The lowest BCUT2D eigenvalue weighted by Gasteiger charge is -2.19. The number of ether oxygens (including phenoxy) is 1. The molecule has 0 unspecified atom stereocenters. The van der Waals surface area contributed by atoms with Crippen molar-refractivity contribution in [3.63, 3.8) is 0 Å². The fourth-order valence-corrected chi connectivity index (χ4v) is 2.06. The number of nitrogens with zero attached hydrogens (tertiary/aromatic N) is 2. The minimum Gasteiger partial charge on any atom is -0.490 e. The molecular formula is C15H20N2O2. The monoisotopic (exact) mass is 260 g/mol. The van der Waals surface area contributed by atoms with E-state index in [0.29, 0.717) is 23.5 Å². The molecule has 0 bridgehead atoms. The quantitative estimate of drug-likeness (QED) is 0.833. The van der Waals surface area contributed by atoms with Gasteiger partial charge in [0.25, 0.3) is 0 Å². The minimum atomic E-state index is -0.143. The van der Waals surface area contributed by atoms with Crippen LogP contribution in [0.2, 0.25) is 0 Å². The SMILES string of the molecule is CCc1nc2ccc(C(C)(C)C)cn2c(=O)c1OC. The number of hydrogen-bond donors (Lipinski definition) is 0. The van der Waals surface area contributed by atoms with E-state index < -0.39 is 0 Å². The molecule has 0 aromatic carbocycles. The van der Waals surface area contributed by atoms with E-state index in [1.165, 1.54) is 7.11 Å². The second-order valence-electron chi connectivity index (χ2n) is 5.65. The number of aromatic nitrogens is 2. The highest BCUT2D eigenvalue weighted by atomic mass is 16.5. The van der Waals surface area contributed by atoms with Crippen LogP contribution in [0.4, 0.5) is 0 Å². The van der Waals surface area contributed by atoms with E-state index in [1.54, 1.807) is 4.40 Å². The van der Waals surface area contributed by atoms with Gasteiger partial charge in [0.05, 0.1) is 12.8 Å². The summed E-state index contributed by atoms with van der Waals surface area (Å²) in [5, 5.41) is 0. The Hall–Kier alpha value is -1.84. The van der Waals surface area contributed by atoms with Crippen molar-refractivity contribution in [1.82, 2.24) is 9.38 Å². The highest BCUT2D eigenvalue weighted by molar-refractivity contribution is 5.45. The molecule has 102 valence electrons. The molecule has 0 radical (unpaired) electrons. The topological polar surface area (TPSA) is 43.6 Å². The largest absolute Gasteiger partial charge is 0.490 e. The number of rotatable bonds is 2. The van der Waals surface area contributed by atoms with Gasteiger partial charge >= 0.3 is 5.56 Å². The molecule has 0 saturated carbocycles. The minimum absolute atomic E-state index is 0.00963. The van der Waals surface area contributed by atoms with E-state index in [0.717, 1.165) is 5.56 Å². The first kappa shape index (κ1) is 13.6. The summed E-state index contributed by atoms with van der Waals surface area (Å²) in [5.41, 5.74) is 2.31. The van der Waals surface area contributed by atoms with E-state index >= 15 is 0 Å². The summed E-state index contributed by atoms with van der Waals surface area (Å²) in [6.45, 7) is 8.31. The molecule has 4 heteroatoms. The molecule has 0 saturated heterocycles. The number of pyridine rings is 1. The maximum absolute atomic E-state index is 12.4. The van der Waals surface area contributed by atoms with Crippen LogP contribution < -0.4 is 10.3 Å². The molecule has 0 aliphatic rings. The Morgan fingerprint density at radius 2 is 2.00 bits per heavy atom. The lowest BCUT2D eigenvalue weighted by Crippen LogP contribution is -2.21. The number of methoxy groups -OCH3 is 1. The number of hydrogen-bond acceptors (Lipinski definition) is 3. The van der Waals surface area contributed by atoms with Gasteiger partial charge in [-0.3, -0.25) is 9.20 Å². The molecular weight excluding hydrogens is 240 g/mol. The van der Waals surface area contributed by atoms with Crippen molar-refractivity contribution in [1.29, 1.82) is 0 Å². The molecule has 19 heavy (non-hydrogen) atoms. The summed E-state index contributed by atoms with van der Waals surface area (Å²) in [7, 11) is 1.51. The van der Waals surface area contributed by atoms with Crippen molar-refractivity contribution < 1.29 is 4.74 Å². The van der Waals surface area contributed by atoms with Gasteiger partial charge in [-0.1, -0.05) is 33.8 Å². The zero-order chi connectivity index (χ0) is 14.2. The van der Waals surface area contributed by atoms with Crippen molar-refractivity contribution in [3.05, 3.63) is 39.9 Å². The first-order valence-corrected chi connectivity index (χ1v) is 6.48. The van der Waals surface area contributed by atoms with Gasteiger partial charge < -0.3 is 4.74 Å². The highest BCUT2D eigenvalue weighted by Crippen LogP contribution is 2.22. The summed E-state index contributed by atoms with van der Waals surface area (Å²) in [6.07, 6.45) is 2.53. The van der Waals surface area contributed by atoms with Gasteiger partial charge in [0.15, 0.2) is 0 Å². The Labute approximate surface area is 113 Å². The van der Waals surface area contributed by atoms with Gasteiger partial charge in [-0.2, -0.15) is 0 Å². The first-order chi connectivity index (χ1) is 8.88. The van der Waals surface area contributed by atoms with E-state index in [2.05, 4.69) is 25.8 Å². The molecule has 0 amide bonds. The zero-order valence-electron chi connectivity index (χ0n) is 12.2. The third-order valence-corrected chi connectivity index (χ3v) is 3.26. The Balaban J connectivity index is 2.80. The summed E-state index contributed by atoms with van der Waals surface area (Å²) in [6, 6.07) is 3.91. The van der Waals surface area contributed by atoms with Crippen LogP contribution in [-0.4, -0.2) is 16.5 Å². The summed E-state index contributed by atoms with van der Waals surface area (Å²) in [4.78, 5) is 16.9. The average Bonchev–Trinajstić information content (AvgIpc) is 2.37. The fourth-order valence-electron chi connectivity index (χ4n) is 2.06. The van der Waals surface area contributed by atoms with Crippen LogP contribution in [0.15, 0.2) is 23.1 Å². The lowest BCUT2D eigenvalue weighted by molar-refractivity contribution is 0.399. The standard InChI is InChI=1S/C15H20N2O2/c1-6-11-13(19-5)14(18)17-9-10(15(2,3)4)7-8-12(17)16-11/h7-9H,6H2,1-5H3. The van der Waals surface area contributed by atoms with Gasteiger partial charge in [-0.05, 0) is 23.5 Å². The Bertz CT molecular complexity index is 666. The second-order valence-corrected chi connectivity index (χ2v) is 5.65. The molecule has 0 atom stereocenters. The zero-order valence-corrected chi connectivity index (χ0v) is 12.2. The van der Waals surface area contributed by atoms with Gasteiger partial charge in [-0.25, -0.2) is 4.98 Å². The van der Waals surface area contributed by atoms with E-state index in [-0.39, 0.29) is 11.0 Å². The van der Waals surface area contributed by atoms with Crippen LogP contribution in [0.3, 0.4) is 0 Å². The molecule has 2 heterocycles. The van der Waals surface area contributed by atoms with Crippen LogP contribution >= 0.6 is 0 Å². The average molecular weight is 260 g/mol. The molecule has 0 aliphatic heterocycles. The molecule has 0 spiro atoms. The highest BCUT2D eigenvalue weighted by Gasteiger charge is 2.17. The second kappa shape index (κ2) is 4.68. The van der Waals surface area contributed by atoms with Crippen molar-refractivity contribution in [3.8, 4) is 5.75 Å². The van der Waals surface area contributed by atoms with Gasteiger partial charge in [-0.15, -0.1) is 0 Å². The van der Waals surface area contributed by atoms with Gasteiger partial charge in [0, 0.05) is 6.20 Å². The number of aryl methyl sites for hydroxylation is 1. The Morgan fingerprint density at radius 1 is 1.32 bits per heavy atom. The molecule has 2 rings (SSSR count). The molecule has 2 aromatic rings. The summed E-state index contributed by atoms with van der Waals surface area (Å²) >= 11 is 0. The van der Waals surface area contributed by atoms with Gasteiger partial charge in [0.1, 0.15) is 5.65 Å². The van der Waals surface area contributed by atoms with Crippen LogP contribution in [0.1, 0.15) is 39.0 Å². The predicted molar refractivity (Wildman–Crippen MR) is 76.1 cm³/mol. The van der Waals surface area contributed by atoms with Crippen LogP contribution in [-0.2, 0) is 11.8 Å². The van der Waals surface area contributed by atoms with Crippen molar-refractivity contribution in [2.45, 2.75) is 39.5 Å². The number of fused-ring (bicyclic) bond motifs is 1. The van der Waals surface area contributed by atoms with Crippen LogP contribution in [0.5, 0.6) is 5.75 Å². The predicted octanol–water partition coefficient (Wildman–Crippen LogP) is 2.56. The molecule has 0 N–H and O–H groups in total. The van der Waals surface area contributed by atoms with Crippen molar-refractivity contribution in [2.24, 2.45) is 0 Å². The van der Waals surface area contributed by atoms with E-state index in [4.69, 9.17) is 4.74 Å².